The number of carbonyl (C=O) groups excluding carboxylic acids is 2. The van der Waals surface area contributed by atoms with Crippen molar-refractivity contribution < 1.29 is 14.7 Å². The molecule has 0 saturated heterocycles. The average molecular weight is 346 g/mol. The van der Waals surface area contributed by atoms with Crippen LogP contribution in [0.25, 0.3) is 0 Å². The fraction of sp³-hybridized carbons (Fsp3) is 0.600. The van der Waals surface area contributed by atoms with Crippen molar-refractivity contribution in [1.82, 2.24) is 5.32 Å². The molecule has 0 radical (unpaired) electrons. The highest BCUT2D eigenvalue weighted by atomic mass is 16.3. The van der Waals surface area contributed by atoms with Gasteiger partial charge in [-0.3, -0.25) is 9.59 Å². The van der Waals surface area contributed by atoms with Crippen LogP contribution in [0.2, 0.25) is 0 Å². The van der Waals surface area contributed by atoms with E-state index in [2.05, 4.69) is 10.6 Å². The molecule has 1 aliphatic carbocycles. The number of amides is 2. The normalized spacial score (nSPS) is 15.8. The summed E-state index contributed by atoms with van der Waals surface area (Å²) in [6, 6.07) is 7.18. The van der Waals surface area contributed by atoms with Gasteiger partial charge in [0.05, 0.1) is 19.1 Å². The van der Waals surface area contributed by atoms with E-state index in [-0.39, 0.29) is 30.9 Å². The van der Waals surface area contributed by atoms with Gasteiger partial charge in [0.25, 0.3) is 0 Å². The summed E-state index contributed by atoms with van der Waals surface area (Å²) in [5.74, 6) is 0.679. The number of benzene rings is 1. The summed E-state index contributed by atoms with van der Waals surface area (Å²) < 4.78 is 0. The van der Waals surface area contributed by atoms with E-state index in [1.807, 2.05) is 31.2 Å². The molecule has 5 heteroatoms. The van der Waals surface area contributed by atoms with Crippen LogP contribution in [0.3, 0.4) is 0 Å². The van der Waals surface area contributed by atoms with Gasteiger partial charge in [-0.2, -0.15) is 0 Å². The average Bonchev–Trinajstić information content (AvgIpc) is 3.13. The molecule has 2 amide bonds. The number of nitrogens with one attached hydrogen (secondary N) is 2. The molecule has 0 unspecified atom stereocenters. The van der Waals surface area contributed by atoms with Gasteiger partial charge >= 0.3 is 0 Å². The summed E-state index contributed by atoms with van der Waals surface area (Å²) in [6.07, 6.45) is 7.66. The number of hydrogen-bond donors (Lipinski definition) is 3. The zero-order valence-corrected chi connectivity index (χ0v) is 15.1. The van der Waals surface area contributed by atoms with Gasteiger partial charge in [0.15, 0.2) is 0 Å². The Morgan fingerprint density at radius 3 is 2.44 bits per heavy atom. The second kappa shape index (κ2) is 10.2. The van der Waals surface area contributed by atoms with Crippen LogP contribution < -0.4 is 10.6 Å². The highest BCUT2D eigenvalue weighted by molar-refractivity contribution is 5.90. The second-order valence-electron chi connectivity index (χ2n) is 6.97. The van der Waals surface area contributed by atoms with Gasteiger partial charge in [0.2, 0.25) is 11.8 Å². The third-order valence-electron chi connectivity index (χ3n) is 4.94. The third-order valence-corrected chi connectivity index (χ3v) is 4.94. The molecule has 1 aromatic carbocycles. The van der Waals surface area contributed by atoms with E-state index in [1.165, 1.54) is 25.7 Å². The lowest BCUT2D eigenvalue weighted by molar-refractivity contribution is -0.121. The van der Waals surface area contributed by atoms with Crippen LogP contribution in [0.4, 0.5) is 5.69 Å². The molecule has 1 atom stereocenters. The number of aliphatic hydroxyl groups is 1. The van der Waals surface area contributed by atoms with Crippen LogP contribution in [0.1, 0.15) is 57.4 Å². The molecule has 0 spiro atoms. The van der Waals surface area contributed by atoms with Crippen molar-refractivity contribution in [3.63, 3.8) is 0 Å². The Bertz CT molecular complexity index is 547. The second-order valence-corrected chi connectivity index (χ2v) is 6.97. The lowest BCUT2D eigenvalue weighted by atomic mass is 10.0. The Morgan fingerprint density at radius 1 is 1.16 bits per heavy atom. The molecule has 1 aliphatic rings. The summed E-state index contributed by atoms with van der Waals surface area (Å²) in [6.45, 7) is 1.87. The minimum atomic E-state index is -0.189. The van der Waals surface area contributed by atoms with Crippen molar-refractivity contribution in [1.29, 1.82) is 0 Å². The van der Waals surface area contributed by atoms with Gasteiger partial charge in [0.1, 0.15) is 0 Å². The Labute approximate surface area is 150 Å². The van der Waals surface area contributed by atoms with Gasteiger partial charge in [0, 0.05) is 12.1 Å². The zero-order valence-electron chi connectivity index (χ0n) is 15.1. The van der Waals surface area contributed by atoms with Crippen molar-refractivity contribution in [2.45, 2.75) is 64.3 Å². The molecule has 138 valence electrons. The first-order chi connectivity index (χ1) is 12.1. The maximum Gasteiger partial charge on any atom is 0.224 e. The smallest absolute Gasteiger partial charge is 0.224 e. The van der Waals surface area contributed by atoms with Crippen molar-refractivity contribution in [2.24, 2.45) is 5.92 Å². The molecule has 25 heavy (non-hydrogen) atoms. The summed E-state index contributed by atoms with van der Waals surface area (Å²) in [5, 5.41) is 14.8. The van der Waals surface area contributed by atoms with Gasteiger partial charge in [-0.15, -0.1) is 0 Å². The maximum absolute atomic E-state index is 12.0. The van der Waals surface area contributed by atoms with Crippen molar-refractivity contribution in [2.75, 3.05) is 11.9 Å². The molecule has 1 aromatic rings. The summed E-state index contributed by atoms with van der Waals surface area (Å²) in [7, 11) is 0. The predicted octanol–water partition coefficient (Wildman–Crippen LogP) is 3.03. The van der Waals surface area contributed by atoms with Gasteiger partial charge in [-0.1, -0.05) is 44.7 Å². The first-order valence-corrected chi connectivity index (χ1v) is 9.39. The van der Waals surface area contributed by atoms with E-state index < -0.39 is 0 Å². The largest absolute Gasteiger partial charge is 0.394 e. The third kappa shape index (κ3) is 6.86. The fourth-order valence-corrected chi connectivity index (χ4v) is 3.30. The molecule has 0 bridgehead atoms. The van der Waals surface area contributed by atoms with Gasteiger partial charge in [-0.05, 0) is 36.5 Å². The highest BCUT2D eigenvalue weighted by Crippen LogP contribution is 2.28. The summed E-state index contributed by atoms with van der Waals surface area (Å²) in [4.78, 5) is 23.9. The first kappa shape index (κ1) is 19.4. The SMILES string of the molecule is CC[C@H](CO)NC(=O)Cc1ccc(NC(=O)CCC2CCCC2)cc1. The zero-order chi connectivity index (χ0) is 18.1. The minimum Gasteiger partial charge on any atom is -0.394 e. The van der Waals surface area contributed by atoms with E-state index in [9.17, 15) is 9.59 Å². The van der Waals surface area contributed by atoms with E-state index in [4.69, 9.17) is 5.11 Å². The Morgan fingerprint density at radius 2 is 1.84 bits per heavy atom. The first-order valence-electron chi connectivity index (χ1n) is 9.39. The standard InChI is InChI=1S/C20H30N2O3/c1-2-17(14-23)21-20(25)13-16-7-10-18(11-8-16)22-19(24)12-9-15-5-3-4-6-15/h7-8,10-11,15,17,23H,2-6,9,12-14H2,1H3,(H,21,25)(H,22,24)/t17-/m1/s1. The summed E-state index contributed by atoms with van der Waals surface area (Å²) >= 11 is 0. The highest BCUT2D eigenvalue weighted by Gasteiger charge is 2.16. The van der Waals surface area contributed by atoms with E-state index in [0.29, 0.717) is 12.8 Å². The minimum absolute atomic E-state index is 0.0476. The molecule has 0 aromatic heterocycles. The van der Waals surface area contributed by atoms with Gasteiger partial charge in [-0.25, -0.2) is 0 Å². The lowest BCUT2D eigenvalue weighted by Crippen LogP contribution is -2.37. The van der Waals surface area contributed by atoms with Crippen LogP contribution in [0.15, 0.2) is 24.3 Å². The number of rotatable bonds is 9. The van der Waals surface area contributed by atoms with E-state index in [0.717, 1.165) is 23.6 Å². The molecule has 0 heterocycles. The van der Waals surface area contributed by atoms with Crippen LogP contribution in [0.5, 0.6) is 0 Å². The number of anilines is 1. The van der Waals surface area contributed by atoms with Crippen LogP contribution in [-0.2, 0) is 16.0 Å². The Hall–Kier alpha value is -1.88. The molecule has 2 rings (SSSR count). The fourth-order valence-electron chi connectivity index (χ4n) is 3.30. The molecular formula is C20H30N2O3. The van der Waals surface area contributed by atoms with Crippen molar-refractivity contribution in [3.8, 4) is 0 Å². The van der Waals surface area contributed by atoms with E-state index in [1.54, 1.807) is 0 Å². The Kier molecular flexibility index (Phi) is 7.92. The molecular weight excluding hydrogens is 316 g/mol. The lowest BCUT2D eigenvalue weighted by Gasteiger charge is -2.14. The molecule has 5 nitrogen and oxygen atoms in total. The van der Waals surface area contributed by atoms with E-state index >= 15 is 0 Å². The molecule has 1 saturated carbocycles. The van der Waals surface area contributed by atoms with Crippen molar-refractivity contribution >= 4 is 17.5 Å². The number of hydrogen-bond acceptors (Lipinski definition) is 3. The van der Waals surface area contributed by atoms with Crippen molar-refractivity contribution in [3.05, 3.63) is 29.8 Å². The number of carbonyl (C=O) groups is 2. The topological polar surface area (TPSA) is 78.4 Å². The number of aliphatic hydroxyl groups excluding tert-OH is 1. The molecule has 0 aliphatic heterocycles. The molecule has 1 fully saturated rings. The van der Waals surface area contributed by atoms with Crippen LogP contribution >= 0.6 is 0 Å². The van der Waals surface area contributed by atoms with Gasteiger partial charge < -0.3 is 15.7 Å². The van der Waals surface area contributed by atoms with Crippen LogP contribution in [0, 0.1) is 5.92 Å². The maximum atomic E-state index is 12.0. The Balaban J connectivity index is 1.74. The summed E-state index contributed by atoms with van der Waals surface area (Å²) in [5.41, 5.74) is 1.65. The predicted molar refractivity (Wildman–Crippen MR) is 99.3 cm³/mol. The molecule has 3 N–H and O–H groups in total. The van der Waals surface area contributed by atoms with Crippen LogP contribution in [-0.4, -0.2) is 29.6 Å². The monoisotopic (exact) mass is 346 g/mol. The quantitative estimate of drug-likeness (QED) is 0.643.